The molecule has 3 aromatic rings. The van der Waals surface area contributed by atoms with Gasteiger partial charge in [-0.15, -0.1) is 11.3 Å². The molecule has 1 heterocycles. The van der Waals surface area contributed by atoms with Gasteiger partial charge in [0.1, 0.15) is 12.4 Å². The van der Waals surface area contributed by atoms with Gasteiger partial charge in [-0.2, -0.15) is 0 Å². The third kappa shape index (κ3) is 6.79. The number of hydrogen-bond acceptors (Lipinski definition) is 3. The summed E-state index contributed by atoms with van der Waals surface area (Å²) in [5.74, 6) is -0.505. The van der Waals surface area contributed by atoms with Crippen molar-refractivity contribution in [3.63, 3.8) is 0 Å². The number of carbonyl (C=O) groups excluding carboxylic acids is 2. The molecule has 1 aliphatic rings. The van der Waals surface area contributed by atoms with E-state index in [1.165, 1.54) is 18.6 Å². The van der Waals surface area contributed by atoms with Gasteiger partial charge in [0.2, 0.25) is 5.91 Å². The molecule has 4 rings (SSSR count). The predicted molar refractivity (Wildman–Crippen MR) is 142 cm³/mol. The number of benzene rings is 2. The maximum atomic E-state index is 13.8. The molecule has 184 valence electrons. The van der Waals surface area contributed by atoms with E-state index in [1.54, 1.807) is 45.4 Å². The molecule has 2 amide bonds. The SMILES string of the molecule is Cc1ccsc1CN(Cc1ccc(F)cc1)C(=O)CN(C(=O)c1ccc(Br)cc1)C1CCCCC1. The van der Waals surface area contributed by atoms with Gasteiger partial charge < -0.3 is 9.80 Å². The Labute approximate surface area is 218 Å². The first-order chi connectivity index (χ1) is 16.9. The van der Waals surface area contributed by atoms with Crippen LogP contribution in [0.5, 0.6) is 0 Å². The standard InChI is InChI=1S/C28H30BrFN2O2S/c1-20-15-16-35-26(20)18-31(17-21-7-13-24(30)14-8-21)27(33)19-32(25-5-3-2-4-6-25)28(34)22-9-11-23(29)12-10-22/h7-16,25H,2-6,17-19H2,1H3. The molecule has 0 saturated heterocycles. The van der Waals surface area contributed by atoms with Crippen molar-refractivity contribution < 1.29 is 14.0 Å². The van der Waals surface area contributed by atoms with E-state index < -0.39 is 0 Å². The molecular weight excluding hydrogens is 527 g/mol. The van der Waals surface area contributed by atoms with Crippen LogP contribution in [0, 0.1) is 12.7 Å². The monoisotopic (exact) mass is 556 g/mol. The maximum absolute atomic E-state index is 13.8. The lowest BCUT2D eigenvalue weighted by atomic mass is 9.93. The summed E-state index contributed by atoms with van der Waals surface area (Å²) in [6, 6.07) is 15.7. The van der Waals surface area contributed by atoms with Crippen molar-refractivity contribution in [1.82, 2.24) is 9.80 Å². The number of rotatable bonds is 8. The van der Waals surface area contributed by atoms with Gasteiger partial charge in [0.15, 0.2) is 0 Å². The van der Waals surface area contributed by atoms with E-state index in [4.69, 9.17) is 0 Å². The Kier molecular flexibility index (Phi) is 8.74. The van der Waals surface area contributed by atoms with Crippen LogP contribution >= 0.6 is 27.3 Å². The van der Waals surface area contributed by atoms with Gasteiger partial charge in [-0.25, -0.2) is 4.39 Å². The number of halogens is 2. The fraction of sp³-hybridized carbons (Fsp3) is 0.357. The molecule has 1 fully saturated rings. The quantitative estimate of drug-likeness (QED) is 0.301. The lowest BCUT2D eigenvalue weighted by Gasteiger charge is -2.35. The molecule has 2 aromatic carbocycles. The Hall–Kier alpha value is -2.51. The minimum Gasteiger partial charge on any atom is -0.332 e. The minimum atomic E-state index is -0.302. The molecule has 0 spiro atoms. The van der Waals surface area contributed by atoms with Crippen LogP contribution in [0.15, 0.2) is 64.5 Å². The van der Waals surface area contributed by atoms with Gasteiger partial charge in [0, 0.05) is 27.5 Å². The lowest BCUT2D eigenvalue weighted by molar-refractivity contribution is -0.133. The van der Waals surface area contributed by atoms with Gasteiger partial charge in [0.25, 0.3) is 5.91 Å². The minimum absolute atomic E-state index is 0.0329. The van der Waals surface area contributed by atoms with Crippen LogP contribution in [0.25, 0.3) is 0 Å². The Balaban J connectivity index is 1.58. The first-order valence-corrected chi connectivity index (χ1v) is 13.7. The second-order valence-corrected chi connectivity index (χ2v) is 11.1. The van der Waals surface area contributed by atoms with Crippen molar-refractivity contribution in [2.24, 2.45) is 0 Å². The summed E-state index contributed by atoms with van der Waals surface area (Å²) in [7, 11) is 0. The summed E-state index contributed by atoms with van der Waals surface area (Å²) in [6.07, 6.45) is 5.13. The van der Waals surface area contributed by atoms with Crippen LogP contribution < -0.4 is 0 Å². The van der Waals surface area contributed by atoms with E-state index in [1.807, 2.05) is 30.5 Å². The van der Waals surface area contributed by atoms with Crippen molar-refractivity contribution in [2.75, 3.05) is 6.54 Å². The van der Waals surface area contributed by atoms with E-state index >= 15 is 0 Å². The normalized spacial score (nSPS) is 14.0. The van der Waals surface area contributed by atoms with Crippen LogP contribution in [0.4, 0.5) is 4.39 Å². The number of hydrogen-bond donors (Lipinski definition) is 0. The first kappa shape index (κ1) is 25.6. The topological polar surface area (TPSA) is 40.6 Å². The highest BCUT2D eigenvalue weighted by Crippen LogP contribution is 2.26. The number of carbonyl (C=O) groups is 2. The molecule has 1 aliphatic carbocycles. The number of thiophene rings is 1. The molecule has 1 saturated carbocycles. The maximum Gasteiger partial charge on any atom is 0.254 e. The van der Waals surface area contributed by atoms with E-state index in [0.29, 0.717) is 18.7 Å². The fourth-order valence-corrected chi connectivity index (χ4v) is 5.73. The Morgan fingerprint density at radius 1 is 0.971 bits per heavy atom. The second kappa shape index (κ2) is 12.0. The Morgan fingerprint density at radius 2 is 1.66 bits per heavy atom. The average Bonchev–Trinajstić information content (AvgIpc) is 3.28. The summed E-state index contributed by atoms with van der Waals surface area (Å²) in [5.41, 5.74) is 2.59. The van der Waals surface area contributed by atoms with Crippen LogP contribution in [-0.2, 0) is 17.9 Å². The van der Waals surface area contributed by atoms with Crippen molar-refractivity contribution in [1.29, 1.82) is 0 Å². The van der Waals surface area contributed by atoms with Crippen LogP contribution in [0.3, 0.4) is 0 Å². The van der Waals surface area contributed by atoms with Gasteiger partial charge in [-0.3, -0.25) is 9.59 Å². The molecule has 0 aliphatic heterocycles. The Morgan fingerprint density at radius 3 is 2.29 bits per heavy atom. The van der Waals surface area contributed by atoms with Crippen molar-refractivity contribution in [3.8, 4) is 0 Å². The zero-order valence-corrected chi connectivity index (χ0v) is 22.3. The summed E-state index contributed by atoms with van der Waals surface area (Å²) in [5, 5.41) is 2.02. The van der Waals surface area contributed by atoms with Crippen molar-refractivity contribution in [3.05, 3.63) is 91.8 Å². The zero-order valence-electron chi connectivity index (χ0n) is 19.9. The van der Waals surface area contributed by atoms with Crippen LogP contribution in [0.1, 0.15) is 58.5 Å². The second-order valence-electron chi connectivity index (χ2n) is 9.13. The van der Waals surface area contributed by atoms with E-state index in [9.17, 15) is 14.0 Å². The fourth-order valence-electron chi connectivity index (χ4n) is 4.55. The molecule has 0 bridgehead atoms. The number of amides is 2. The molecule has 0 radical (unpaired) electrons. The molecule has 4 nitrogen and oxygen atoms in total. The smallest absolute Gasteiger partial charge is 0.254 e. The molecule has 7 heteroatoms. The largest absolute Gasteiger partial charge is 0.332 e. The number of nitrogens with zero attached hydrogens (tertiary/aromatic N) is 2. The van der Waals surface area contributed by atoms with Gasteiger partial charge in [0.05, 0.1) is 6.54 Å². The Bertz CT molecular complexity index is 1140. The van der Waals surface area contributed by atoms with Gasteiger partial charge in [-0.05, 0) is 78.7 Å². The summed E-state index contributed by atoms with van der Waals surface area (Å²) in [6.45, 7) is 2.90. The highest BCUT2D eigenvalue weighted by molar-refractivity contribution is 9.10. The molecule has 35 heavy (non-hydrogen) atoms. The van der Waals surface area contributed by atoms with Crippen LogP contribution in [-0.4, -0.2) is 34.2 Å². The van der Waals surface area contributed by atoms with Crippen molar-refractivity contribution >= 4 is 39.1 Å². The van der Waals surface area contributed by atoms with Gasteiger partial charge in [-0.1, -0.05) is 47.3 Å². The van der Waals surface area contributed by atoms with E-state index in [2.05, 4.69) is 15.9 Å². The zero-order chi connectivity index (χ0) is 24.8. The summed E-state index contributed by atoms with van der Waals surface area (Å²) < 4.78 is 14.4. The predicted octanol–water partition coefficient (Wildman–Crippen LogP) is 6.96. The summed E-state index contributed by atoms with van der Waals surface area (Å²) in [4.78, 5) is 32.0. The highest BCUT2D eigenvalue weighted by atomic mass is 79.9. The highest BCUT2D eigenvalue weighted by Gasteiger charge is 2.30. The van der Waals surface area contributed by atoms with E-state index in [0.717, 1.165) is 46.2 Å². The average molecular weight is 558 g/mol. The first-order valence-electron chi connectivity index (χ1n) is 12.0. The number of aryl methyl sites for hydroxylation is 1. The molecule has 0 unspecified atom stereocenters. The van der Waals surface area contributed by atoms with Crippen molar-refractivity contribution in [2.45, 2.75) is 58.2 Å². The third-order valence-corrected chi connectivity index (χ3v) is 8.15. The lowest BCUT2D eigenvalue weighted by Crippen LogP contribution is -2.48. The molecule has 0 atom stereocenters. The molecule has 1 aromatic heterocycles. The molecule has 0 N–H and O–H groups in total. The van der Waals surface area contributed by atoms with Crippen LogP contribution in [0.2, 0.25) is 0 Å². The van der Waals surface area contributed by atoms with Gasteiger partial charge >= 0.3 is 0 Å². The van der Waals surface area contributed by atoms with E-state index in [-0.39, 0.29) is 30.2 Å². The summed E-state index contributed by atoms with van der Waals surface area (Å²) >= 11 is 5.05. The molecular formula is C28H30BrFN2O2S. The third-order valence-electron chi connectivity index (χ3n) is 6.62.